The highest BCUT2D eigenvalue weighted by atomic mass is 16.1. The average Bonchev–Trinajstić information content (AvgIpc) is 2.89. The van der Waals surface area contributed by atoms with Gasteiger partial charge in [0.2, 0.25) is 0 Å². The van der Waals surface area contributed by atoms with Gasteiger partial charge in [-0.05, 0) is 26.3 Å². The number of nitrogens with one attached hydrogen (secondary N) is 1. The van der Waals surface area contributed by atoms with E-state index in [9.17, 15) is 4.79 Å². The fourth-order valence-corrected chi connectivity index (χ4v) is 2.54. The Morgan fingerprint density at radius 3 is 3.12 bits per heavy atom. The maximum absolute atomic E-state index is 12.2. The molecule has 1 aliphatic rings. The lowest BCUT2D eigenvalue weighted by atomic mass is 9.94. The zero-order valence-corrected chi connectivity index (χ0v) is 10.6. The second kappa shape index (κ2) is 5.45. The largest absolute Gasteiger partial charge is 0.335 e. The number of hydrogen-bond donors (Lipinski definition) is 1. The Bertz CT molecular complexity index is 386. The van der Waals surface area contributed by atoms with E-state index in [1.165, 1.54) is 0 Å². The van der Waals surface area contributed by atoms with Crippen LogP contribution in [0.15, 0.2) is 12.4 Å². The third-order valence-corrected chi connectivity index (χ3v) is 3.54. The lowest BCUT2D eigenvalue weighted by Gasteiger charge is -2.14. The van der Waals surface area contributed by atoms with Crippen LogP contribution in [0.4, 0.5) is 0 Å². The molecule has 2 heterocycles. The number of ketones is 1. The Balaban J connectivity index is 2.00. The number of rotatable bonds is 5. The molecule has 0 spiro atoms. The van der Waals surface area contributed by atoms with Crippen LogP contribution < -0.4 is 5.32 Å². The van der Waals surface area contributed by atoms with Crippen LogP contribution in [-0.2, 0) is 17.8 Å². The minimum Gasteiger partial charge on any atom is -0.335 e. The van der Waals surface area contributed by atoms with E-state index in [-0.39, 0.29) is 5.92 Å². The third-order valence-electron chi connectivity index (χ3n) is 3.54. The van der Waals surface area contributed by atoms with Crippen molar-refractivity contribution in [2.75, 3.05) is 6.54 Å². The zero-order chi connectivity index (χ0) is 12.3. The Labute approximate surface area is 102 Å². The van der Waals surface area contributed by atoms with Gasteiger partial charge in [0.05, 0.1) is 6.42 Å². The van der Waals surface area contributed by atoms with Crippen molar-refractivity contribution in [1.82, 2.24) is 14.9 Å². The first kappa shape index (κ1) is 12.3. The van der Waals surface area contributed by atoms with Crippen molar-refractivity contribution in [2.45, 2.75) is 45.7 Å². The summed E-state index contributed by atoms with van der Waals surface area (Å²) in [6.07, 6.45) is 6.26. The van der Waals surface area contributed by atoms with Crippen LogP contribution in [-0.4, -0.2) is 27.9 Å². The SMILES string of the molecule is CCCn1ccnc1CC(=O)C1CCNC1C. The van der Waals surface area contributed by atoms with Crippen LogP contribution in [0.25, 0.3) is 0 Å². The normalized spacial score (nSPS) is 24.1. The van der Waals surface area contributed by atoms with Crippen LogP contribution in [0.3, 0.4) is 0 Å². The first-order valence-electron chi connectivity index (χ1n) is 6.48. The molecule has 4 heteroatoms. The van der Waals surface area contributed by atoms with E-state index in [4.69, 9.17) is 0 Å². The van der Waals surface area contributed by atoms with E-state index in [1.54, 1.807) is 6.20 Å². The van der Waals surface area contributed by atoms with Gasteiger partial charge < -0.3 is 9.88 Å². The molecule has 2 atom stereocenters. The van der Waals surface area contributed by atoms with E-state index in [1.807, 2.05) is 6.20 Å². The summed E-state index contributed by atoms with van der Waals surface area (Å²) in [5, 5.41) is 3.32. The standard InChI is InChI=1S/C13H21N3O/c1-3-7-16-8-6-15-13(16)9-12(17)11-4-5-14-10(11)2/h6,8,10-11,14H,3-5,7,9H2,1-2H3. The van der Waals surface area contributed by atoms with E-state index >= 15 is 0 Å². The predicted molar refractivity (Wildman–Crippen MR) is 66.8 cm³/mol. The van der Waals surface area contributed by atoms with Gasteiger partial charge in [0.15, 0.2) is 0 Å². The van der Waals surface area contributed by atoms with Crippen molar-refractivity contribution in [3.8, 4) is 0 Å². The van der Waals surface area contributed by atoms with Crippen molar-refractivity contribution in [2.24, 2.45) is 5.92 Å². The lowest BCUT2D eigenvalue weighted by molar-refractivity contribution is -0.122. The van der Waals surface area contributed by atoms with Gasteiger partial charge in [0.1, 0.15) is 11.6 Å². The summed E-state index contributed by atoms with van der Waals surface area (Å²) in [6.45, 7) is 6.13. The molecule has 1 aliphatic heterocycles. The van der Waals surface area contributed by atoms with Gasteiger partial charge in [0.25, 0.3) is 0 Å². The van der Waals surface area contributed by atoms with E-state index < -0.39 is 0 Å². The quantitative estimate of drug-likeness (QED) is 0.839. The number of carbonyl (C=O) groups is 1. The van der Waals surface area contributed by atoms with Crippen molar-refractivity contribution >= 4 is 5.78 Å². The summed E-state index contributed by atoms with van der Waals surface area (Å²) in [5.41, 5.74) is 0. The third kappa shape index (κ3) is 2.75. The van der Waals surface area contributed by atoms with Crippen LogP contribution >= 0.6 is 0 Å². The van der Waals surface area contributed by atoms with Gasteiger partial charge in [-0.2, -0.15) is 0 Å². The summed E-state index contributed by atoms with van der Waals surface area (Å²) in [6, 6.07) is 0.317. The maximum Gasteiger partial charge on any atom is 0.145 e. The molecule has 0 aliphatic carbocycles. The number of hydrogen-bond acceptors (Lipinski definition) is 3. The molecule has 1 N–H and O–H groups in total. The smallest absolute Gasteiger partial charge is 0.145 e. The second-order valence-electron chi connectivity index (χ2n) is 4.82. The molecule has 1 aromatic rings. The molecule has 94 valence electrons. The van der Waals surface area contributed by atoms with Gasteiger partial charge in [-0.25, -0.2) is 4.98 Å². The van der Waals surface area contributed by atoms with Gasteiger partial charge in [-0.3, -0.25) is 4.79 Å². The zero-order valence-electron chi connectivity index (χ0n) is 10.6. The topological polar surface area (TPSA) is 46.9 Å². The molecular formula is C13H21N3O. The Morgan fingerprint density at radius 2 is 2.47 bits per heavy atom. The number of aryl methyl sites for hydroxylation is 1. The summed E-state index contributed by atoms with van der Waals surface area (Å²) in [7, 11) is 0. The van der Waals surface area contributed by atoms with Gasteiger partial charge in [-0.15, -0.1) is 0 Å². The molecular weight excluding hydrogens is 214 g/mol. The molecule has 4 nitrogen and oxygen atoms in total. The summed E-state index contributed by atoms with van der Waals surface area (Å²) >= 11 is 0. The number of carbonyl (C=O) groups excluding carboxylic acids is 1. The molecule has 17 heavy (non-hydrogen) atoms. The molecule has 0 radical (unpaired) electrons. The molecule has 0 amide bonds. The molecule has 0 bridgehead atoms. The van der Waals surface area contributed by atoms with Crippen molar-refractivity contribution in [3.63, 3.8) is 0 Å². The Morgan fingerprint density at radius 1 is 1.65 bits per heavy atom. The predicted octanol–water partition coefficient (Wildman–Crippen LogP) is 1.40. The first-order valence-corrected chi connectivity index (χ1v) is 6.48. The van der Waals surface area contributed by atoms with Gasteiger partial charge in [-0.1, -0.05) is 6.92 Å². The summed E-state index contributed by atoms with van der Waals surface area (Å²) in [5.74, 6) is 1.41. The molecule has 1 saturated heterocycles. The Hall–Kier alpha value is -1.16. The number of Topliss-reactive ketones (excluding diaryl/α,β-unsaturated/α-hetero) is 1. The van der Waals surface area contributed by atoms with Crippen molar-refractivity contribution < 1.29 is 4.79 Å². The maximum atomic E-state index is 12.2. The van der Waals surface area contributed by atoms with Crippen LogP contribution in [0.1, 0.15) is 32.5 Å². The second-order valence-corrected chi connectivity index (χ2v) is 4.82. The van der Waals surface area contributed by atoms with Crippen LogP contribution in [0.2, 0.25) is 0 Å². The Kier molecular flexibility index (Phi) is 3.94. The molecule has 1 fully saturated rings. The molecule has 2 rings (SSSR count). The summed E-state index contributed by atoms with van der Waals surface area (Å²) < 4.78 is 2.09. The molecule has 0 saturated carbocycles. The van der Waals surface area contributed by atoms with Gasteiger partial charge >= 0.3 is 0 Å². The monoisotopic (exact) mass is 235 g/mol. The highest BCUT2D eigenvalue weighted by molar-refractivity contribution is 5.83. The van der Waals surface area contributed by atoms with Crippen molar-refractivity contribution in [3.05, 3.63) is 18.2 Å². The average molecular weight is 235 g/mol. The first-order chi connectivity index (χ1) is 8.22. The summed E-state index contributed by atoms with van der Waals surface area (Å²) in [4.78, 5) is 16.5. The minimum absolute atomic E-state index is 0.168. The van der Waals surface area contributed by atoms with Gasteiger partial charge in [0, 0.05) is 30.9 Å². The number of imidazole rings is 1. The van der Waals surface area contributed by atoms with E-state index in [0.29, 0.717) is 18.2 Å². The van der Waals surface area contributed by atoms with E-state index in [0.717, 1.165) is 31.8 Å². The molecule has 2 unspecified atom stereocenters. The van der Waals surface area contributed by atoms with Crippen LogP contribution in [0.5, 0.6) is 0 Å². The highest BCUT2D eigenvalue weighted by Gasteiger charge is 2.29. The fraction of sp³-hybridized carbons (Fsp3) is 0.692. The fourth-order valence-electron chi connectivity index (χ4n) is 2.54. The molecule has 0 aromatic carbocycles. The number of nitrogens with zero attached hydrogens (tertiary/aromatic N) is 2. The highest BCUT2D eigenvalue weighted by Crippen LogP contribution is 2.18. The number of aromatic nitrogens is 2. The van der Waals surface area contributed by atoms with Crippen LogP contribution in [0, 0.1) is 5.92 Å². The lowest BCUT2D eigenvalue weighted by Crippen LogP contribution is -2.29. The van der Waals surface area contributed by atoms with E-state index in [2.05, 4.69) is 28.7 Å². The minimum atomic E-state index is 0.168. The molecule has 1 aromatic heterocycles. The van der Waals surface area contributed by atoms with Crippen molar-refractivity contribution in [1.29, 1.82) is 0 Å².